The van der Waals surface area contributed by atoms with E-state index in [0.29, 0.717) is 78.1 Å². The third-order valence-electron chi connectivity index (χ3n) is 27.5. The predicted molar refractivity (Wildman–Crippen MR) is 552 cm³/mol. The number of carbonyl (C=O) groups excluding carboxylic acids is 1. The van der Waals surface area contributed by atoms with Crippen LogP contribution in [0.25, 0.3) is 0 Å². The largest absolute Gasteiger partial charge is 0.473 e. The van der Waals surface area contributed by atoms with Gasteiger partial charge < -0.3 is 77.1 Å². The lowest BCUT2D eigenvalue weighted by atomic mass is 9.77. The fourth-order valence-corrected chi connectivity index (χ4v) is 19.2. The van der Waals surface area contributed by atoms with Gasteiger partial charge in [0.1, 0.15) is 46.0 Å². The SMILES string of the molecule is CC(c1ccc2c(c1)CN(c1ccccc1)CO2)c1ccc2c(c1)CN(c1ccccc1)CO2.Cc1ccc(N2COc3ccc(C(C)(C)c4ccc5c(c4)CN(c4ccc(C)cc4)CO5)cc3C2)cc1.O=C(c1ccc2c(c1)CN(c1ccccc1)CO2)c1ccc2c(c1)CN(c1ccccc1)CO2.c1ccc2c(c1)CN(c1ccc(Cc3ccc(N4COc5ccccc5C4)cc3)cc1)CO2. The van der Waals surface area contributed by atoms with Gasteiger partial charge in [-0.15, -0.1) is 0 Å². The average Bonchev–Trinajstić information content (AvgIpc) is 0.775. The molecule has 8 heterocycles. The maximum Gasteiger partial charge on any atom is 0.193 e. The van der Waals surface area contributed by atoms with Gasteiger partial charge in [-0.05, 0) is 248 Å². The first-order chi connectivity index (χ1) is 67.7. The number of anilines is 8. The van der Waals surface area contributed by atoms with Crippen molar-refractivity contribution in [1.29, 1.82) is 0 Å². The average molecular weight is 1820 g/mol. The highest BCUT2D eigenvalue weighted by Crippen LogP contribution is 2.44. The molecule has 0 aromatic heterocycles. The van der Waals surface area contributed by atoms with E-state index in [1.54, 1.807) is 0 Å². The van der Waals surface area contributed by atoms with E-state index in [0.717, 1.165) is 114 Å². The van der Waals surface area contributed by atoms with Crippen LogP contribution in [0.4, 0.5) is 45.5 Å². The summed E-state index contributed by atoms with van der Waals surface area (Å²) in [6.07, 6.45) is 0.916. The predicted octanol–water partition coefficient (Wildman–Crippen LogP) is 25.5. The molecule has 690 valence electrons. The molecule has 138 heavy (non-hydrogen) atoms. The maximum atomic E-state index is 13.4. The summed E-state index contributed by atoms with van der Waals surface area (Å²) in [5.74, 6) is 7.87. The lowest BCUT2D eigenvalue weighted by molar-refractivity contribution is 0.103. The zero-order chi connectivity index (χ0) is 93.4. The first kappa shape index (κ1) is 88.6. The lowest BCUT2D eigenvalue weighted by Crippen LogP contribution is -2.33. The molecule has 0 saturated heterocycles. The zero-order valence-electron chi connectivity index (χ0n) is 78.6. The molecule has 0 fully saturated rings. The molecule has 0 saturated carbocycles. The minimum absolute atomic E-state index is 0.000677. The fourth-order valence-electron chi connectivity index (χ4n) is 19.2. The van der Waals surface area contributed by atoms with Crippen LogP contribution in [0, 0.1) is 13.8 Å². The summed E-state index contributed by atoms with van der Waals surface area (Å²) in [5.41, 5.74) is 30.2. The summed E-state index contributed by atoms with van der Waals surface area (Å²) in [5, 5.41) is 0. The van der Waals surface area contributed by atoms with Crippen molar-refractivity contribution in [3.05, 3.63) is 476 Å². The Balaban J connectivity index is 0.000000110. The summed E-state index contributed by atoms with van der Waals surface area (Å²) in [6, 6.07) is 131. The van der Waals surface area contributed by atoms with Crippen LogP contribution in [0.15, 0.2) is 376 Å². The Morgan fingerprint density at radius 3 is 0.783 bits per heavy atom. The van der Waals surface area contributed by atoms with Crippen LogP contribution in [-0.4, -0.2) is 59.6 Å². The summed E-state index contributed by atoms with van der Waals surface area (Å²) >= 11 is 0. The summed E-state index contributed by atoms with van der Waals surface area (Å²) in [4.78, 5) is 31.4. The quantitative estimate of drug-likeness (QED) is 0.0853. The molecule has 0 bridgehead atoms. The van der Waals surface area contributed by atoms with E-state index in [1.165, 1.54) is 112 Å². The van der Waals surface area contributed by atoms with Crippen LogP contribution in [0.1, 0.15) is 132 Å². The molecule has 0 aliphatic carbocycles. The Morgan fingerprint density at radius 2 is 0.478 bits per heavy atom. The summed E-state index contributed by atoms with van der Waals surface area (Å²) in [7, 11) is 0. The van der Waals surface area contributed by atoms with Crippen molar-refractivity contribution in [1.82, 2.24) is 0 Å². The number of para-hydroxylation sites is 6. The first-order valence-electron chi connectivity index (χ1n) is 47.7. The number of hydrogen-bond acceptors (Lipinski definition) is 17. The van der Waals surface area contributed by atoms with E-state index < -0.39 is 0 Å². The fraction of sp³-hybridized carbons (Fsp3) is 0.198. The van der Waals surface area contributed by atoms with Crippen LogP contribution < -0.4 is 77.1 Å². The van der Waals surface area contributed by atoms with E-state index >= 15 is 0 Å². The van der Waals surface area contributed by atoms with Crippen LogP contribution in [0.3, 0.4) is 0 Å². The third kappa shape index (κ3) is 19.9. The Bertz CT molecular complexity index is 6560. The second-order valence-electron chi connectivity index (χ2n) is 37.2. The molecule has 24 rings (SSSR count). The minimum atomic E-state index is -0.164. The minimum Gasteiger partial charge on any atom is -0.473 e. The number of hydrogen-bond donors (Lipinski definition) is 0. The third-order valence-corrected chi connectivity index (χ3v) is 27.5. The van der Waals surface area contributed by atoms with Crippen molar-refractivity contribution in [2.45, 2.75) is 105 Å². The highest BCUT2D eigenvalue weighted by atomic mass is 16.5. The molecular formula is C121H112N8O9. The van der Waals surface area contributed by atoms with E-state index in [9.17, 15) is 4.79 Å². The lowest BCUT2D eigenvalue weighted by Gasteiger charge is -2.34. The van der Waals surface area contributed by atoms with Crippen molar-refractivity contribution in [3.63, 3.8) is 0 Å². The summed E-state index contributed by atoms with van der Waals surface area (Å²) in [6.45, 7) is 22.1. The van der Waals surface area contributed by atoms with Crippen LogP contribution in [-0.2, 0) is 64.2 Å². The highest BCUT2D eigenvalue weighted by molar-refractivity contribution is 6.09. The van der Waals surface area contributed by atoms with Gasteiger partial charge >= 0.3 is 0 Å². The number of ether oxygens (including phenoxy) is 8. The molecule has 0 unspecified atom stereocenters. The van der Waals surface area contributed by atoms with E-state index in [1.807, 2.05) is 109 Å². The highest BCUT2D eigenvalue weighted by Gasteiger charge is 2.32. The Morgan fingerprint density at radius 1 is 0.246 bits per heavy atom. The van der Waals surface area contributed by atoms with Crippen molar-refractivity contribution in [3.8, 4) is 46.0 Å². The van der Waals surface area contributed by atoms with Gasteiger partial charge in [-0.2, -0.15) is 0 Å². The van der Waals surface area contributed by atoms with Gasteiger partial charge in [0.15, 0.2) is 59.6 Å². The molecule has 0 atom stereocenters. The monoisotopic (exact) mass is 1820 g/mol. The molecule has 8 aliphatic heterocycles. The zero-order valence-corrected chi connectivity index (χ0v) is 78.6. The number of nitrogens with zero attached hydrogens (tertiary/aromatic N) is 8. The Kier molecular flexibility index (Phi) is 25.6. The number of rotatable bonds is 16. The molecule has 17 heteroatoms. The molecule has 17 nitrogen and oxygen atoms in total. The summed E-state index contributed by atoms with van der Waals surface area (Å²) < 4.78 is 48.1. The number of benzene rings is 16. The second kappa shape index (κ2) is 39.9. The van der Waals surface area contributed by atoms with Gasteiger partial charge in [0.25, 0.3) is 0 Å². The molecule has 0 radical (unpaired) electrons. The number of fused-ring (bicyclic) bond motifs is 8. The standard InChI is InChI=1S/C33H34N2O2.C30H28N2O2.C29H24N2O3.C29H26N2O2/c1-23-5-11-29(12-6-23)34-19-25-17-27(9-15-31(25)36-21-34)33(3,4)28-10-16-32-26(18-28)20-35(22-37-32)30-13-7-24(2)8-14-30;1-22(23-12-14-29-25(16-23)18-31(20-33-29)27-8-4-2-5-9-27)24-13-15-30-26(17-24)19-32(21-34-30)28-10-6-3-7-11-28;32-29(21-11-13-27-23(15-21)17-30(19-33-27)25-7-3-1-4-8-25)22-12-14-28-24(16-22)18-31(20-34-28)26-9-5-2-6-10-26;1-3-7-28-24(5-1)18-30(20-32-28)26-13-9-22(10-14-26)17-23-11-15-27(16-12-23)31-19-25-6-2-4-8-29(25)33-21-31/h5-18H,19-22H2,1-4H3;2-17,22H,18-21H2,1H3;1-16H,17-20H2;1-16H,17-21H2. The Hall–Kier alpha value is -16.0. The van der Waals surface area contributed by atoms with Crippen LogP contribution >= 0.6 is 0 Å². The number of carbonyl (C=O) groups is 1. The number of ketones is 1. The van der Waals surface area contributed by atoms with Crippen molar-refractivity contribution in [2.75, 3.05) is 93.0 Å². The molecule has 16 aromatic rings. The van der Waals surface area contributed by atoms with Gasteiger partial charge in [0.05, 0.1) is 0 Å². The van der Waals surface area contributed by atoms with E-state index in [-0.39, 0.29) is 17.1 Å². The van der Waals surface area contributed by atoms with Gasteiger partial charge in [0.2, 0.25) is 0 Å². The molecule has 0 N–H and O–H groups in total. The van der Waals surface area contributed by atoms with Gasteiger partial charge in [-0.25, -0.2) is 0 Å². The second-order valence-corrected chi connectivity index (χ2v) is 37.2. The van der Waals surface area contributed by atoms with Crippen molar-refractivity contribution < 1.29 is 42.7 Å². The first-order valence-corrected chi connectivity index (χ1v) is 47.7. The van der Waals surface area contributed by atoms with E-state index in [2.05, 4.69) is 341 Å². The van der Waals surface area contributed by atoms with Gasteiger partial charge in [0, 0.05) is 165 Å². The Labute approximate surface area is 809 Å². The van der Waals surface area contributed by atoms with Crippen LogP contribution in [0.5, 0.6) is 46.0 Å². The topological polar surface area (TPSA) is 117 Å². The molecular weight excluding hydrogens is 1710 g/mol. The van der Waals surface area contributed by atoms with Gasteiger partial charge in [-0.1, -0.05) is 214 Å². The molecule has 0 spiro atoms. The van der Waals surface area contributed by atoms with E-state index in [4.69, 9.17) is 37.9 Å². The van der Waals surface area contributed by atoms with Crippen LogP contribution in [0.2, 0.25) is 0 Å². The smallest absolute Gasteiger partial charge is 0.193 e. The molecule has 8 aliphatic rings. The normalized spacial score (nSPS) is 14.7. The van der Waals surface area contributed by atoms with Gasteiger partial charge in [-0.3, -0.25) is 4.79 Å². The molecule has 16 aromatic carbocycles. The van der Waals surface area contributed by atoms with Crippen molar-refractivity contribution >= 4 is 51.3 Å². The van der Waals surface area contributed by atoms with Crippen molar-refractivity contribution in [2.24, 2.45) is 0 Å². The number of aryl methyl sites for hydroxylation is 2. The molecule has 0 amide bonds. The maximum absolute atomic E-state index is 13.4.